The van der Waals surface area contributed by atoms with E-state index in [4.69, 9.17) is 4.74 Å². The molecule has 1 aromatic carbocycles. The number of benzene rings is 1. The first-order valence-electron chi connectivity index (χ1n) is 8.55. The highest BCUT2D eigenvalue weighted by Crippen LogP contribution is 2.34. The van der Waals surface area contributed by atoms with Gasteiger partial charge in [0, 0.05) is 24.2 Å². The van der Waals surface area contributed by atoms with E-state index in [1.54, 1.807) is 0 Å². The molecule has 0 aliphatic carbocycles. The number of ether oxygens (including phenoxy) is 1. The molecule has 26 heavy (non-hydrogen) atoms. The number of rotatable bonds is 4. The number of nitrogens with zero attached hydrogens (tertiary/aromatic N) is 2. The molecule has 140 valence electrons. The first kappa shape index (κ1) is 18.1. The molecule has 2 heterocycles. The lowest BCUT2D eigenvalue weighted by molar-refractivity contribution is -0.384. The van der Waals surface area contributed by atoms with Crippen LogP contribution in [0.2, 0.25) is 0 Å². The molecule has 0 radical (unpaired) electrons. The van der Waals surface area contributed by atoms with Crippen molar-refractivity contribution < 1.29 is 19.2 Å². The molecule has 0 aromatic heterocycles. The predicted molar refractivity (Wildman–Crippen MR) is 93.2 cm³/mol. The van der Waals surface area contributed by atoms with E-state index < -0.39 is 16.9 Å². The van der Waals surface area contributed by atoms with Gasteiger partial charge in [-0.1, -0.05) is 0 Å². The SMILES string of the molecule is COc1cc([N+](=O)[O-])ccc1C(=O)NC(=O)NC1CC2CCC(C1)N2C. The fraction of sp³-hybridized carbons (Fsp3) is 0.529. The van der Waals surface area contributed by atoms with Crippen LogP contribution in [0.15, 0.2) is 18.2 Å². The number of carbonyl (C=O) groups is 2. The zero-order chi connectivity index (χ0) is 18.8. The summed E-state index contributed by atoms with van der Waals surface area (Å²) < 4.78 is 5.03. The van der Waals surface area contributed by atoms with Crippen LogP contribution >= 0.6 is 0 Å². The van der Waals surface area contributed by atoms with E-state index in [2.05, 4.69) is 22.6 Å². The van der Waals surface area contributed by atoms with Crippen molar-refractivity contribution in [1.82, 2.24) is 15.5 Å². The van der Waals surface area contributed by atoms with Crippen LogP contribution in [0.4, 0.5) is 10.5 Å². The fourth-order valence-electron chi connectivity index (χ4n) is 3.90. The molecule has 9 heteroatoms. The number of hydrogen-bond acceptors (Lipinski definition) is 6. The summed E-state index contributed by atoms with van der Waals surface area (Å²) in [4.78, 5) is 37.1. The molecule has 3 amide bonds. The monoisotopic (exact) mass is 362 g/mol. The van der Waals surface area contributed by atoms with Crippen LogP contribution in [0.3, 0.4) is 0 Å². The van der Waals surface area contributed by atoms with Gasteiger partial charge in [0.25, 0.3) is 11.6 Å². The molecule has 2 atom stereocenters. The van der Waals surface area contributed by atoms with Crippen LogP contribution in [-0.4, -0.2) is 54.0 Å². The second-order valence-corrected chi connectivity index (χ2v) is 6.79. The minimum Gasteiger partial charge on any atom is -0.496 e. The minimum absolute atomic E-state index is 0.0373. The summed E-state index contributed by atoms with van der Waals surface area (Å²) in [5.41, 5.74) is -0.124. The summed E-state index contributed by atoms with van der Waals surface area (Å²) in [5, 5.41) is 15.9. The van der Waals surface area contributed by atoms with E-state index in [0.717, 1.165) is 31.7 Å². The molecule has 2 aliphatic rings. The average molecular weight is 362 g/mol. The van der Waals surface area contributed by atoms with E-state index >= 15 is 0 Å². The van der Waals surface area contributed by atoms with Gasteiger partial charge in [0.1, 0.15) is 5.75 Å². The lowest BCUT2D eigenvalue weighted by Gasteiger charge is -2.36. The zero-order valence-corrected chi connectivity index (χ0v) is 14.7. The van der Waals surface area contributed by atoms with Crippen LogP contribution in [0, 0.1) is 10.1 Å². The van der Waals surface area contributed by atoms with Gasteiger partial charge < -0.3 is 15.0 Å². The lowest BCUT2D eigenvalue weighted by atomic mass is 9.98. The summed E-state index contributed by atoms with van der Waals surface area (Å²) >= 11 is 0. The Morgan fingerprint density at radius 3 is 2.50 bits per heavy atom. The van der Waals surface area contributed by atoms with Crippen LogP contribution in [-0.2, 0) is 0 Å². The molecule has 2 unspecified atom stereocenters. The molecular weight excluding hydrogens is 340 g/mol. The Morgan fingerprint density at radius 1 is 1.27 bits per heavy atom. The van der Waals surface area contributed by atoms with Crippen LogP contribution in [0.5, 0.6) is 5.75 Å². The molecule has 9 nitrogen and oxygen atoms in total. The first-order valence-corrected chi connectivity index (χ1v) is 8.55. The summed E-state index contributed by atoms with van der Waals surface area (Å²) in [6.45, 7) is 0. The number of piperidine rings is 1. The van der Waals surface area contributed by atoms with Crippen molar-refractivity contribution in [3.8, 4) is 5.75 Å². The van der Waals surface area contributed by atoms with Gasteiger partial charge in [0.15, 0.2) is 0 Å². The Kier molecular flexibility index (Phi) is 5.08. The Hall–Kier alpha value is -2.68. The second-order valence-electron chi connectivity index (χ2n) is 6.79. The Bertz CT molecular complexity index is 724. The molecule has 2 aliphatic heterocycles. The van der Waals surface area contributed by atoms with Crippen molar-refractivity contribution in [1.29, 1.82) is 0 Å². The molecule has 2 bridgehead atoms. The molecule has 2 fully saturated rings. The van der Waals surface area contributed by atoms with Crippen molar-refractivity contribution in [2.24, 2.45) is 0 Å². The van der Waals surface area contributed by atoms with Gasteiger partial charge >= 0.3 is 6.03 Å². The van der Waals surface area contributed by atoms with Gasteiger partial charge in [-0.25, -0.2) is 4.79 Å². The number of urea groups is 1. The van der Waals surface area contributed by atoms with Gasteiger partial charge in [-0.3, -0.25) is 20.2 Å². The summed E-state index contributed by atoms with van der Waals surface area (Å²) in [6.07, 6.45) is 4.02. The molecular formula is C17H22N4O5. The summed E-state index contributed by atoms with van der Waals surface area (Å²) in [5.74, 6) is -0.619. The largest absolute Gasteiger partial charge is 0.496 e. The van der Waals surface area contributed by atoms with Gasteiger partial charge in [-0.2, -0.15) is 0 Å². The van der Waals surface area contributed by atoms with E-state index in [-0.39, 0.29) is 23.0 Å². The molecule has 1 aromatic rings. The molecule has 0 spiro atoms. The maximum Gasteiger partial charge on any atom is 0.321 e. The molecule has 2 N–H and O–H groups in total. The predicted octanol–water partition coefficient (Wildman–Crippen LogP) is 1.67. The Labute approximate surface area is 150 Å². The van der Waals surface area contributed by atoms with Crippen molar-refractivity contribution in [2.75, 3.05) is 14.2 Å². The number of methoxy groups -OCH3 is 1. The van der Waals surface area contributed by atoms with Gasteiger partial charge in [0.05, 0.1) is 23.7 Å². The fourth-order valence-corrected chi connectivity index (χ4v) is 3.90. The average Bonchev–Trinajstić information content (AvgIpc) is 2.82. The Morgan fingerprint density at radius 2 is 1.92 bits per heavy atom. The van der Waals surface area contributed by atoms with Crippen molar-refractivity contribution in [3.63, 3.8) is 0 Å². The van der Waals surface area contributed by atoms with Crippen molar-refractivity contribution >= 4 is 17.6 Å². The van der Waals surface area contributed by atoms with Crippen LogP contribution in [0.1, 0.15) is 36.0 Å². The highest BCUT2D eigenvalue weighted by molar-refractivity contribution is 6.06. The van der Waals surface area contributed by atoms with Gasteiger partial charge in [-0.15, -0.1) is 0 Å². The van der Waals surface area contributed by atoms with E-state index in [1.807, 2.05) is 0 Å². The number of nitrogens with one attached hydrogen (secondary N) is 2. The highest BCUT2D eigenvalue weighted by Gasteiger charge is 2.38. The lowest BCUT2D eigenvalue weighted by Crippen LogP contribution is -2.51. The molecule has 2 saturated heterocycles. The number of imide groups is 1. The van der Waals surface area contributed by atoms with Crippen LogP contribution in [0.25, 0.3) is 0 Å². The smallest absolute Gasteiger partial charge is 0.321 e. The van der Waals surface area contributed by atoms with E-state index in [9.17, 15) is 19.7 Å². The molecule has 3 rings (SSSR count). The van der Waals surface area contributed by atoms with Crippen molar-refractivity contribution in [2.45, 2.75) is 43.8 Å². The second kappa shape index (κ2) is 7.28. The maximum absolute atomic E-state index is 12.3. The maximum atomic E-state index is 12.3. The van der Waals surface area contributed by atoms with E-state index in [0.29, 0.717) is 12.1 Å². The topological polar surface area (TPSA) is 114 Å². The number of hydrogen-bond donors (Lipinski definition) is 2. The number of non-ortho nitro benzene ring substituents is 1. The van der Waals surface area contributed by atoms with Crippen LogP contribution < -0.4 is 15.4 Å². The normalized spacial score (nSPS) is 24.8. The quantitative estimate of drug-likeness (QED) is 0.622. The van der Waals surface area contributed by atoms with Gasteiger partial charge in [-0.05, 0) is 38.8 Å². The third-order valence-electron chi connectivity index (χ3n) is 5.30. The number of nitro benzene ring substituents is 1. The number of nitro groups is 1. The summed E-state index contributed by atoms with van der Waals surface area (Å²) in [7, 11) is 3.42. The first-order chi connectivity index (χ1) is 12.4. The number of amides is 3. The third kappa shape index (κ3) is 3.62. The Balaban J connectivity index is 1.61. The van der Waals surface area contributed by atoms with Crippen molar-refractivity contribution in [3.05, 3.63) is 33.9 Å². The zero-order valence-electron chi connectivity index (χ0n) is 14.7. The highest BCUT2D eigenvalue weighted by atomic mass is 16.6. The van der Waals surface area contributed by atoms with Gasteiger partial charge in [0.2, 0.25) is 0 Å². The minimum atomic E-state index is -0.662. The third-order valence-corrected chi connectivity index (χ3v) is 5.30. The molecule has 0 saturated carbocycles. The standard InChI is InChI=1S/C17H22N4O5/c1-20-11-3-4-12(20)8-10(7-11)18-17(23)19-16(22)14-6-5-13(21(24)25)9-15(14)26-2/h5-6,9-12H,3-4,7-8H2,1-2H3,(H2,18,19,22,23). The number of carbonyl (C=O) groups excluding carboxylic acids is 2. The van der Waals surface area contributed by atoms with E-state index in [1.165, 1.54) is 19.2 Å². The summed E-state index contributed by atoms with van der Waals surface area (Å²) in [6, 6.07) is 4.05. The number of fused-ring (bicyclic) bond motifs is 2.